The highest BCUT2D eigenvalue weighted by Crippen LogP contribution is 2.45. The molecule has 5 rings (SSSR count). The first kappa shape index (κ1) is 28.0. The molecule has 0 saturated heterocycles. The van der Waals surface area contributed by atoms with Crippen molar-refractivity contribution in [2.75, 3.05) is 25.6 Å². The molecule has 40 heavy (non-hydrogen) atoms. The molecule has 1 aliphatic heterocycles. The number of pyridine rings is 1. The van der Waals surface area contributed by atoms with Crippen molar-refractivity contribution in [2.24, 2.45) is 5.92 Å². The normalized spacial score (nSPS) is 16.4. The van der Waals surface area contributed by atoms with Crippen molar-refractivity contribution >= 4 is 11.8 Å². The molecule has 1 saturated carbocycles. The fourth-order valence-corrected chi connectivity index (χ4v) is 4.95. The molecule has 1 atom stereocenters. The molecular formula is C31H32F4N2O3. The van der Waals surface area contributed by atoms with Crippen molar-refractivity contribution in [2.45, 2.75) is 51.3 Å². The fourth-order valence-electron chi connectivity index (χ4n) is 4.95. The van der Waals surface area contributed by atoms with Gasteiger partial charge in [0.25, 0.3) is 0 Å². The first-order valence-electron chi connectivity index (χ1n) is 13.4. The maximum atomic E-state index is 14.8. The molecule has 0 unspecified atom stereocenters. The van der Waals surface area contributed by atoms with Gasteiger partial charge in [-0.2, -0.15) is 13.2 Å². The number of halogens is 4. The second-order valence-electron chi connectivity index (χ2n) is 10.6. The standard InChI is InChI=1S/C31H32F4N2O3/c1-4-21-14-26(37-28(22-7-9-24(32)10-8-22)29(21)40-17-19-5-6-19)30(38,31(33,34)35)15-20-12-23-11-18(2)16-36-27(23)25(13-20)39-3/h7-14,19,36,38H,4-6,15-17H2,1-3H3/t30-/m0/s1. The van der Waals surface area contributed by atoms with Gasteiger partial charge in [-0.25, -0.2) is 9.37 Å². The molecule has 0 bridgehead atoms. The Kier molecular flexibility index (Phi) is 7.52. The number of ether oxygens (including phenoxy) is 2. The summed E-state index contributed by atoms with van der Waals surface area (Å²) in [5.74, 6) is 0.655. The second-order valence-corrected chi connectivity index (χ2v) is 10.6. The van der Waals surface area contributed by atoms with E-state index in [4.69, 9.17) is 9.47 Å². The third-order valence-electron chi connectivity index (χ3n) is 7.42. The van der Waals surface area contributed by atoms with Gasteiger partial charge in [0.05, 0.1) is 25.1 Å². The minimum atomic E-state index is -5.06. The van der Waals surface area contributed by atoms with Gasteiger partial charge in [-0.3, -0.25) is 0 Å². The van der Waals surface area contributed by atoms with E-state index in [1.165, 1.54) is 43.5 Å². The van der Waals surface area contributed by atoms with Gasteiger partial charge in [-0.15, -0.1) is 0 Å². The van der Waals surface area contributed by atoms with Crippen molar-refractivity contribution in [3.05, 3.63) is 76.2 Å². The Balaban J connectivity index is 1.64. The maximum Gasteiger partial charge on any atom is 0.423 e. The predicted octanol–water partition coefficient (Wildman–Crippen LogP) is 7.07. The number of fused-ring (bicyclic) bond motifs is 1. The number of benzene rings is 2. The summed E-state index contributed by atoms with van der Waals surface area (Å²) in [5.41, 5.74) is -0.219. The average Bonchev–Trinajstić information content (AvgIpc) is 3.75. The van der Waals surface area contributed by atoms with Gasteiger partial charge in [-0.05, 0) is 85.7 Å². The number of rotatable bonds is 9. The molecule has 2 aromatic carbocycles. The lowest BCUT2D eigenvalue weighted by molar-refractivity contribution is -0.267. The number of alkyl halides is 3. The number of hydrogen-bond donors (Lipinski definition) is 2. The molecular weight excluding hydrogens is 524 g/mol. The molecule has 0 spiro atoms. The number of anilines is 1. The first-order valence-corrected chi connectivity index (χ1v) is 13.4. The van der Waals surface area contributed by atoms with Crippen molar-refractivity contribution in [3.63, 3.8) is 0 Å². The van der Waals surface area contributed by atoms with Crippen LogP contribution in [0.3, 0.4) is 0 Å². The van der Waals surface area contributed by atoms with Crippen LogP contribution in [0.4, 0.5) is 23.2 Å². The number of nitrogens with one attached hydrogen (secondary N) is 1. The third kappa shape index (κ3) is 5.52. The van der Waals surface area contributed by atoms with E-state index in [1.807, 2.05) is 13.0 Å². The highest BCUT2D eigenvalue weighted by atomic mass is 19.4. The van der Waals surface area contributed by atoms with E-state index in [0.29, 0.717) is 59.4 Å². The Morgan fingerprint density at radius 1 is 1.10 bits per heavy atom. The molecule has 212 valence electrons. The predicted molar refractivity (Wildman–Crippen MR) is 146 cm³/mol. The molecule has 1 aliphatic carbocycles. The van der Waals surface area contributed by atoms with Crippen molar-refractivity contribution in [1.82, 2.24) is 4.98 Å². The smallest absolute Gasteiger partial charge is 0.423 e. The van der Waals surface area contributed by atoms with Crippen LogP contribution in [0.1, 0.15) is 49.1 Å². The van der Waals surface area contributed by atoms with Gasteiger partial charge < -0.3 is 19.9 Å². The SMILES string of the molecule is CCc1cc([C@@](O)(Cc2cc3c(c(OC)c2)NCC(C)=C3)C(F)(F)F)nc(-c2ccc(F)cc2)c1OCC1CC1. The molecule has 2 aliphatic rings. The number of aliphatic hydroxyl groups is 1. The van der Waals surface area contributed by atoms with Crippen molar-refractivity contribution in [3.8, 4) is 22.8 Å². The minimum Gasteiger partial charge on any atom is -0.495 e. The van der Waals surface area contributed by atoms with Crippen LogP contribution < -0.4 is 14.8 Å². The summed E-state index contributed by atoms with van der Waals surface area (Å²) in [6.45, 7) is 4.74. The van der Waals surface area contributed by atoms with Gasteiger partial charge in [0.2, 0.25) is 5.60 Å². The zero-order chi connectivity index (χ0) is 28.7. The number of aromatic nitrogens is 1. The minimum absolute atomic E-state index is 0.142. The van der Waals surface area contributed by atoms with E-state index in [-0.39, 0.29) is 11.3 Å². The summed E-state index contributed by atoms with van der Waals surface area (Å²) in [5, 5.41) is 14.7. The van der Waals surface area contributed by atoms with Gasteiger partial charge in [-0.1, -0.05) is 18.6 Å². The number of methoxy groups -OCH3 is 1. The zero-order valence-electron chi connectivity index (χ0n) is 22.7. The fraction of sp³-hybridized carbons (Fsp3) is 0.387. The quantitative estimate of drug-likeness (QED) is 0.276. The average molecular weight is 557 g/mol. The van der Waals surface area contributed by atoms with Crippen LogP contribution in [0, 0.1) is 11.7 Å². The van der Waals surface area contributed by atoms with E-state index in [9.17, 15) is 22.7 Å². The van der Waals surface area contributed by atoms with Crippen molar-refractivity contribution < 1.29 is 32.1 Å². The number of hydrogen-bond acceptors (Lipinski definition) is 5. The van der Waals surface area contributed by atoms with Gasteiger partial charge in [0.1, 0.15) is 23.0 Å². The lowest BCUT2D eigenvalue weighted by atomic mass is 9.87. The van der Waals surface area contributed by atoms with E-state index >= 15 is 0 Å². The van der Waals surface area contributed by atoms with E-state index in [0.717, 1.165) is 18.4 Å². The number of aryl methyl sites for hydroxylation is 1. The monoisotopic (exact) mass is 556 g/mol. The molecule has 2 N–H and O–H groups in total. The molecule has 3 aromatic rings. The molecule has 1 fully saturated rings. The molecule has 1 aromatic heterocycles. The van der Waals surface area contributed by atoms with Crippen LogP contribution in [0.15, 0.2) is 48.0 Å². The van der Waals surface area contributed by atoms with Crippen LogP contribution in [0.25, 0.3) is 17.3 Å². The lowest BCUT2D eigenvalue weighted by Gasteiger charge is -2.32. The Labute approximate surface area is 230 Å². The van der Waals surface area contributed by atoms with E-state index < -0.39 is 29.7 Å². The summed E-state index contributed by atoms with van der Waals surface area (Å²) >= 11 is 0. The number of nitrogens with zero attached hydrogens (tertiary/aromatic N) is 1. The maximum absolute atomic E-state index is 14.8. The first-order chi connectivity index (χ1) is 19.0. The Hall–Kier alpha value is -3.59. The highest BCUT2D eigenvalue weighted by Gasteiger charge is 2.56. The summed E-state index contributed by atoms with van der Waals surface area (Å²) in [6, 6.07) is 9.76. The summed E-state index contributed by atoms with van der Waals surface area (Å²) in [4.78, 5) is 4.38. The molecule has 0 amide bonds. The van der Waals surface area contributed by atoms with Crippen LogP contribution in [-0.2, 0) is 18.4 Å². The second kappa shape index (κ2) is 10.8. The van der Waals surface area contributed by atoms with Crippen LogP contribution >= 0.6 is 0 Å². The molecule has 0 radical (unpaired) electrons. The Morgan fingerprint density at radius 2 is 1.82 bits per heavy atom. The lowest BCUT2D eigenvalue weighted by Crippen LogP contribution is -2.45. The molecule has 5 nitrogen and oxygen atoms in total. The van der Waals surface area contributed by atoms with Crippen molar-refractivity contribution in [1.29, 1.82) is 0 Å². The van der Waals surface area contributed by atoms with Gasteiger partial charge in [0.15, 0.2) is 0 Å². The summed E-state index contributed by atoms with van der Waals surface area (Å²) in [6.07, 6.45) is -1.55. The van der Waals surface area contributed by atoms with Crippen LogP contribution in [-0.4, -0.2) is 36.5 Å². The Morgan fingerprint density at radius 3 is 2.45 bits per heavy atom. The highest BCUT2D eigenvalue weighted by molar-refractivity contribution is 5.78. The summed E-state index contributed by atoms with van der Waals surface area (Å²) in [7, 11) is 1.45. The topological polar surface area (TPSA) is 63.6 Å². The zero-order valence-corrected chi connectivity index (χ0v) is 22.7. The largest absolute Gasteiger partial charge is 0.495 e. The molecule has 9 heteroatoms. The van der Waals surface area contributed by atoms with Crippen LogP contribution in [0.2, 0.25) is 0 Å². The van der Waals surface area contributed by atoms with Crippen LogP contribution in [0.5, 0.6) is 11.5 Å². The molecule has 2 heterocycles. The van der Waals surface area contributed by atoms with E-state index in [2.05, 4.69) is 10.3 Å². The van der Waals surface area contributed by atoms with Gasteiger partial charge >= 0.3 is 6.18 Å². The van der Waals surface area contributed by atoms with Gasteiger partial charge in [0, 0.05) is 24.1 Å². The summed E-state index contributed by atoms with van der Waals surface area (Å²) < 4.78 is 69.7. The Bertz CT molecular complexity index is 1430. The third-order valence-corrected chi connectivity index (χ3v) is 7.42. The van der Waals surface area contributed by atoms with E-state index in [1.54, 1.807) is 13.0 Å².